The predicted octanol–water partition coefficient (Wildman–Crippen LogP) is 3.73. The lowest BCUT2D eigenvalue weighted by atomic mass is 10.0. The molecule has 5 heteroatoms. The van der Waals surface area contributed by atoms with E-state index in [0.29, 0.717) is 11.4 Å². The SMILES string of the molecule is O=P(O)(O)CCc1ccc(-c2ccc(Cl)cc2)cc1. The van der Waals surface area contributed by atoms with Crippen molar-refractivity contribution in [1.82, 2.24) is 0 Å². The van der Waals surface area contributed by atoms with E-state index in [4.69, 9.17) is 21.4 Å². The van der Waals surface area contributed by atoms with E-state index < -0.39 is 7.60 Å². The zero-order chi connectivity index (χ0) is 13.9. The minimum Gasteiger partial charge on any atom is -0.324 e. The van der Waals surface area contributed by atoms with Gasteiger partial charge in [-0.3, -0.25) is 4.57 Å². The molecule has 100 valence electrons. The van der Waals surface area contributed by atoms with E-state index in [9.17, 15) is 4.57 Å². The molecule has 0 radical (unpaired) electrons. The molecule has 0 saturated carbocycles. The molecule has 0 heterocycles. The average Bonchev–Trinajstić information content (AvgIpc) is 2.37. The van der Waals surface area contributed by atoms with Crippen molar-refractivity contribution >= 4 is 19.2 Å². The van der Waals surface area contributed by atoms with E-state index in [0.717, 1.165) is 16.7 Å². The summed E-state index contributed by atoms with van der Waals surface area (Å²) in [4.78, 5) is 17.7. The van der Waals surface area contributed by atoms with Gasteiger partial charge >= 0.3 is 7.60 Å². The van der Waals surface area contributed by atoms with Gasteiger partial charge in [0.2, 0.25) is 0 Å². The molecule has 0 aliphatic carbocycles. The number of aryl methyl sites for hydroxylation is 1. The third-order valence-electron chi connectivity index (χ3n) is 2.82. The Hall–Kier alpha value is -1.12. The monoisotopic (exact) mass is 296 g/mol. The summed E-state index contributed by atoms with van der Waals surface area (Å²) >= 11 is 5.83. The van der Waals surface area contributed by atoms with Crippen LogP contribution in [0.25, 0.3) is 11.1 Å². The molecule has 2 N–H and O–H groups in total. The highest BCUT2D eigenvalue weighted by Gasteiger charge is 2.12. The first-order valence-electron chi connectivity index (χ1n) is 5.83. The second kappa shape index (κ2) is 5.89. The smallest absolute Gasteiger partial charge is 0.324 e. The van der Waals surface area contributed by atoms with E-state index in [1.807, 2.05) is 48.5 Å². The maximum Gasteiger partial charge on any atom is 0.325 e. The highest BCUT2D eigenvalue weighted by molar-refractivity contribution is 7.51. The molecule has 3 nitrogen and oxygen atoms in total. The summed E-state index contributed by atoms with van der Waals surface area (Å²) < 4.78 is 10.8. The van der Waals surface area contributed by atoms with E-state index in [1.54, 1.807) is 0 Å². The Morgan fingerprint density at radius 3 is 1.84 bits per heavy atom. The van der Waals surface area contributed by atoms with Crippen LogP contribution in [0, 0.1) is 0 Å². The van der Waals surface area contributed by atoms with Crippen molar-refractivity contribution in [3.05, 3.63) is 59.1 Å². The molecule has 0 aromatic heterocycles. The molecular weight excluding hydrogens is 283 g/mol. The lowest BCUT2D eigenvalue weighted by Gasteiger charge is -2.06. The fourth-order valence-corrected chi connectivity index (χ4v) is 2.46. The van der Waals surface area contributed by atoms with Crippen LogP contribution < -0.4 is 0 Å². The molecule has 0 unspecified atom stereocenters. The number of hydrogen-bond acceptors (Lipinski definition) is 1. The Morgan fingerprint density at radius 1 is 0.895 bits per heavy atom. The summed E-state index contributed by atoms with van der Waals surface area (Å²) in [6.07, 6.45) is 0.262. The molecule has 0 fully saturated rings. The molecule has 0 bridgehead atoms. The van der Waals surface area contributed by atoms with Crippen LogP contribution in [0.2, 0.25) is 5.02 Å². The van der Waals surface area contributed by atoms with Crippen molar-refractivity contribution in [2.24, 2.45) is 0 Å². The van der Waals surface area contributed by atoms with Crippen LogP contribution in [-0.2, 0) is 11.0 Å². The van der Waals surface area contributed by atoms with Gasteiger partial charge in [-0.2, -0.15) is 0 Å². The molecule has 0 atom stereocenters. The van der Waals surface area contributed by atoms with Gasteiger partial charge in [0.25, 0.3) is 0 Å². The second-order valence-electron chi connectivity index (χ2n) is 4.34. The standard InChI is InChI=1S/C14H14ClO3P/c15-14-7-5-13(6-8-14)12-3-1-11(2-4-12)9-10-19(16,17)18/h1-8H,9-10H2,(H2,16,17,18). The van der Waals surface area contributed by atoms with Gasteiger partial charge in [0.1, 0.15) is 0 Å². The van der Waals surface area contributed by atoms with Crippen LogP contribution >= 0.6 is 19.2 Å². The first kappa shape index (κ1) is 14.3. The van der Waals surface area contributed by atoms with Gasteiger partial charge in [-0.25, -0.2) is 0 Å². The van der Waals surface area contributed by atoms with Gasteiger partial charge in [0.15, 0.2) is 0 Å². The van der Waals surface area contributed by atoms with Gasteiger partial charge in [-0.1, -0.05) is 48.0 Å². The summed E-state index contributed by atoms with van der Waals surface area (Å²) in [5, 5.41) is 0.696. The minimum atomic E-state index is -3.92. The van der Waals surface area contributed by atoms with Crippen molar-refractivity contribution in [1.29, 1.82) is 0 Å². The molecule has 0 spiro atoms. The van der Waals surface area contributed by atoms with Crippen molar-refractivity contribution < 1.29 is 14.4 Å². The van der Waals surface area contributed by atoms with Gasteiger partial charge in [-0.15, -0.1) is 0 Å². The highest BCUT2D eigenvalue weighted by Crippen LogP contribution is 2.35. The highest BCUT2D eigenvalue weighted by atomic mass is 35.5. The van der Waals surface area contributed by atoms with Crippen molar-refractivity contribution in [2.45, 2.75) is 6.42 Å². The fraction of sp³-hybridized carbons (Fsp3) is 0.143. The Morgan fingerprint density at radius 2 is 1.37 bits per heavy atom. The Balaban J connectivity index is 2.10. The lowest BCUT2D eigenvalue weighted by molar-refractivity contribution is 0.373. The summed E-state index contributed by atoms with van der Waals surface area (Å²) in [6.45, 7) is 0. The maximum atomic E-state index is 10.8. The molecule has 0 aliphatic rings. The number of rotatable bonds is 4. The number of benzene rings is 2. The normalized spacial score (nSPS) is 11.5. The quantitative estimate of drug-likeness (QED) is 0.845. The Labute approximate surface area is 117 Å². The first-order chi connectivity index (χ1) is 8.94. The Bertz CT molecular complexity index is 587. The van der Waals surface area contributed by atoms with Crippen LogP contribution in [0.15, 0.2) is 48.5 Å². The zero-order valence-electron chi connectivity index (χ0n) is 10.2. The lowest BCUT2D eigenvalue weighted by Crippen LogP contribution is -1.93. The largest absolute Gasteiger partial charge is 0.325 e. The Kier molecular flexibility index (Phi) is 4.43. The van der Waals surface area contributed by atoms with Gasteiger partial charge in [0, 0.05) is 5.02 Å². The molecule has 0 aliphatic heterocycles. The number of halogens is 1. The fourth-order valence-electron chi connectivity index (χ4n) is 1.78. The topological polar surface area (TPSA) is 57.5 Å². The molecule has 2 aromatic rings. The zero-order valence-corrected chi connectivity index (χ0v) is 11.8. The summed E-state index contributed by atoms with van der Waals surface area (Å²) in [7, 11) is -3.92. The molecule has 2 rings (SSSR count). The molecule has 0 saturated heterocycles. The third kappa shape index (κ3) is 4.48. The second-order valence-corrected chi connectivity index (χ2v) is 6.56. The summed E-state index contributed by atoms with van der Waals surface area (Å²) in [6, 6.07) is 15.2. The van der Waals surface area contributed by atoms with Gasteiger partial charge in [-0.05, 0) is 35.2 Å². The third-order valence-corrected chi connectivity index (χ3v) is 3.88. The molecule has 2 aromatic carbocycles. The van der Waals surface area contributed by atoms with Gasteiger partial charge in [0.05, 0.1) is 6.16 Å². The van der Waals surface area contributed by atoms with Crippen LogP contribution in [0.5, 0.6) is 0 Å². The van der Waals surface area contributed by atoms with Crippen LogP contribution in [0.1, 0.15) is 5.56 Å². The van der Waals surface area contributed by atoms with E-state index in [-0.39, 0.29) is 6.16 Å². The number of hydrogen-bond donors (Lipinski definition) is 2. The van der Waals surface area contributed by atoms with E-state index >= 15 is 0 Å². The van der Waals surface area contributed by atoms with Crippen LogP contribution in [0.4, 0.5) is 0 Å². The van der Waals surface area contributed by atoms with Crippen LogP contribution in [-0.4, -0.2) is 15.9 Å². The first-order valence-corrected chi connectivity index (χ1v) is 8.01. The van der Waals surface area contributed by atoms with Crippen molar-refractivity contribution in [2.75, 3.05) is 6.16 Å². The van der Waals surface area contributed by atoms with Crippen molar-refractivity contribution in [3.63, 3.8) is 0 Å². The summed E-state index contributed by atoms with van der Waals surface area (Å²) in [5.41, 5.74) is 3.03. The molecule has 19 heavy (non-hydrogen) atoms. The average molecular weight is 297 g/mol. The van der Waals surface area contributed by atoms with Crippen LogP contribution in [0.3, 0.4) is 0 Å². The molecule has 0 amide bonds. The van der Waals surface area contributed by atoms with E-state index in [1.165, 1.54) is 0 Å². The van der Waals surface area contributed by atoms with E-state index in [2.05, 4.69) is 0 Å². The summed E-state index contributed by atoms with van der Waals surface area (Å²) in [5.74, 6) is 0. The predicted molar refractivity (Wildman–Crippen MR) is 77.5 cm³/mol. The van der Waals surface area contributed by atoms with Crippen molar-refractivity contribution in [3.8, 4) is 11.1 Å². The molecular formula is C14H14ClO3P. The minimum absolute atomic E-state index is 0.118. The maximum absolute atomic E-state index is 10.8. The van der Waals surface area contributed by atoms with Gasteiger partial charge < -0.3 is 9.79 Å².